The minimum Gasteiger partial charge on any atom is -0.493 e. The number of nitrogens with two attached hydrogens (primary N) is 1. The number of carbonyl (C=O) groups is 3. The highest BCUT2D eigenvalue weighted by atomic mass is 28.4. The molecule has 2 heterocycles. The zero-order chi connectivity index (χ0) is 41.4. The molecule has 4 N–H and O–H groups in total. The van der Waals surface area contributed by atoms with Gasteiger partial charge in [0.15, 0.2) is 31.3 Å². The Morgan fingerprint density at radius 3 is 1.98 bits per heavy atom. The zero-order valence-electron chi connectivity index (χ0n) is 33.8. The van der Waals surface area contributed by atoms with Crippen molar-refractivity contribution in [1.29, 1.82) is 0 Å². The predicted octanol–water partition coefficient (Wildman–Crippen LogP) is 6.42. The van der Waals surface area contributed by atoms with Crippen molar-refractivity contribution < 1.29 is 47.6 Å². The van der Waals surface area contributed by atoms with Crippen molar-refractivity contribution in [2.45, 2.75) is 70.2 Å². The molecule has 2 aromatic rings. The number of hydrogen-bond acceptors (Lipinski definition) is 11. The summed E-state index contributed by atoms with van der Waals surface area (Å²) in [5.74, 6) is 0.564. The number of nitrogens with zero attached hydrogens (tertiary/aromatic N) is 2. The van der Waals surface area contributed by atoms with Crippen LogP contribution in [0.4, 0.5) is 16.2 Å². The number of benzene rings is 2. The van der Waals surface area contributed by atoms with E-state index in [0.29, 0.717) is 49.5 Å². The van der Waals surface area contributed by atoms with E-state index in [4.69, 9.17) is 33.8 Å². The number of methoxy groups -OCH3 is 2. The highest BCUT2D eigenvalue weighted by Crippen LogP contribution is 2.39. The molecule has 0 spiro atoms. The van der Waals surface area contributed by atoms with Gasteiger partial charge < -0.3 is 48.8 Å². The molecule has 56 heavy (non-hydrogen) atoms. The molecule has 2 aliphatic heterocycles. The summed E-state index contributed by atoms with van der Waals surface area (Å²) in [5.41, 5.74) is 9.02. The first-order chi connectivity index (χ1) is 26.4. The molecule has 2 saturated heterocycles. The maximum Gasteiger partial charge on any atom is 0.411 e. The average Bonchev–Trinajstić information content (AvgIpc) is 3.73. The summed E-state index contributed by atoms with van der Waals surface area (Å²) in [4.78, 5) is 43.4. The van der Waals surface area contributed by atoms with Crippen LogP contribution in [0.1, 0.15) is 60.7 Å². The number of hydrogen-bond donors (Lipinski definition) is 3. The Bertz CT molecular complexity index is 1810. The number of amides is 3. The summed E-state index contributed by atoms with van der Waals surface area (Å²) >= 11 is 0. The van der Waals surface area contributed by atoms with Crippen LogP contribution in [0.2, 0.25) is 18.1 Å². The lowest BCUT2D eigenvalue weighted by Crippen LogP contribution is -2.46. The number of carbonyl (C=O) groups excluding carboxylic acids is 3. The Balaban J connectivity index is 1.44. The van der Waals surface area contributed by atoms with E-state index in [1.807, 2.05) is 0 Å². The van der Waals surface area contributed by atoms with Crippen molar-refractivity contribution >= 4 is 37.6 Å². The van der Waals surface area contributed by atoms with Gasteiger partial charge in [0.25, 0.3) is 11.8 Å². The third kappa shape index (κ3) is 10.4. The van der Waals surface area contributed by atoms with Crippen molar-refractivity contribution in [1.82, 2.24) is 9.80 Å². The topological polar surface area (TPSA) is 171 Å². The molecule has 0 unspecified atom stereocenters. The van der Waals surface area contributed by atoms with Crippen LogP contribution in [0.5, 0.6) is 23.0 Å². The fourth-order valence-corrected chi connectivity index (χ4v) is 7.27. The normalized spacial score (nSPS) is 17.1. The van der Waals surface area contributed by atoms with Gasteiger partial charge in [-0.05, 0) is 43.1 Å². The van der Waals surface area contributed by atoms with E-state index >= 15 is 0 Å². The van der Waals surface area contributed by atoms with Gasteiger partial charge in [0.1, 0.15) is 6.61 Å². The maximum absolute atomic E-state index is 13.9. The van der Waals surface area contributed by atoms with Crippen molar-refractivity contribution in [2.75, 3.05) is 71.4 Å². The van der Waals surface area contributed by atoms with E-state index in [2.05, 4.69) is 58.9 Å². The smallest absolute Gasteiger partial charge is 0.411 e. The Kier molecular flexibility index (Phi) is 14.7. The van der Waals surface area contributed by atoms with Gasteiger partial charge in [0.05, 0.1) is 69.5 Å². The Morgan fingerprint density at radius 1 is 0.893 bits per heavy atom. The largest absolute Gasteiger partial charge is 0.493 e. The van der Waals surface area contributed by atoms with Crippen molar-refractivity contribution in [3.8, 4) is 23.0 Å². The Morgan fingerprint density at radius 2 is 1.43 bits per heavy atom. The maximum atomic E-state index is 13.9. The summed E-state index contributed by atoms with van der Waals surface area (Å²) in [5, 5.41) is 12.5. The molecule has 4 rings (SSSR count). The van der Waals surface area contributed by atoms with Gasteiger partial charge in [0, 0.05) is 37.3 Å². The lowest BCUT2D eigenvalue weighted by atomic mass is 10.1. The first kappa shape index (κ1) is 43.7. The lowest BCUT2D eigenvalue weighted by Gasteiger charge is -2.38. The van der Waals surface area contributed by atoms with Gasteiger partial charge in [0.2, 0.25) is 0 Å². The number of ether oxygens (including phenoxy) is 5. The average molecular weight is 795 g/mol. The minimum atomic E-state index is -2.03. The van der Waals surface area contributed by atoms with Crippen molar-refractivity contribution in [3.63, 3.8) is 0 Å². The molecule has 2 aromatic carbocycles. The second kappa shape index (κ2) is 18.8. The standard InChI is InChI=1S/C41H58N4O10Si/c1-11-13-54-40(49)43-33-21-37(35(51-8)19-31(33)39(48)44-22-26(2)16-28(44)24-46)53-15-12-14-52-36-20-32(42)30(18-34(36)50-7)38(47)45-23-27(3)17-29(45)25-55-56(9,10)41(4,5)6/h11,18-21,28-29,46H,1-3,12-17,22-25,42H2,4-10H3,(H,43,49)/t28-,29-/m0/s1. The number of rotatable bonds is 17. The molecule has 3 amide bonds. The van der Waals surface area contributed by atoms with Crippen LogP contribution in [-0.4, -0.2) is 114 Å². The number of nitrogens with one attached hydrogen (secondary N) is 1. The molecule has 2 aliphatic rings. The fraction of sp³-hybridized carbons (Fsp3) is 0.488. The molecule has 2 atom stereocenters. The third-order valence-corrected chi connectivity index (χ3v) is 14.9. The van der Waals surface area contributed by atoms with Crippen LogP contribution in [-0.2, 0) is 9.16 Å². The van der Waals surface area contributed by atoms with Gasteiger partial charge in [-0.1, -0.05) is 57.7 Å². The number of nitrogen functional groups attached to an aromatic ring is 1. The molecule has 0 radical (unpaired) electrons. The molecule has 15 heteroatoms. The SMILES string of the molecule is C=CCOC(=O)Nc1cc(OCCCOc2cc(N)c(C(=O)N3CC(=C)C[C@H]3CO[Si](C)(C)C(C)(C)C)cc2OC)c(OC)cc1C(=O)N1CC(=C)C[C@H]1CO. The van der Waals surface area contributed by atoms with Gasteiger partial charge >= 0.3 is 6.09 Å². The van der Waals surface area contributed by atoms with Gasteiger partial charge in [-0.2, -0.15) is 0 Å². The monoisotopic (exact) mass is 794 g/mol. The minimum absolute atomic E-state index is 0.0370. The van der Waals surface area contributed by atoms with E-state index in [1.54, 1.807) is 17.0 Å². The molecular weight excluding hydrogens is 737 g/mol. The van der Waals surface area contributed by atoms with Crippen molar-refractivity contribution in [2.24, 2.45) is 0 Å². The van der Waals surface area contributed by atoms with Crippen molar-refractivity contribution in [3.05, 3.63) is 72.4 Å². The predicted molar refractivity (Wildman–Crippen MR) is 219 cm³/mol. The summed E-state index contributed by atoms with van der Waals surface area (Å²) in [6.45, 7) is 23.8. The summed E-state index contributed by atoms with van der Waals surface area (Å²) in [6.07, 6.45) is 2.16. The summed E-state index contributed by atoms with van der Waals surface area (Å²) in [7, 11) is 0.897. The highest BCUT2D eigenvalue weighted by molar-refractivity contribution is 6.74. The second-order valence-electron chi connectivity index (χ2n) is 15.5. The van der Waals surface area contributed by atoms with Crippen LogP contribution in [0.15, 0.2) is 61.2 Å². The Labute approximate surface area is 331 Å². The molecule has 306 valence electrons. The summed E-state index contributed by atoms with van der Waals surface area (Å²) < 4.78 is 34.8. The first-order valence-corrected chi connectivity index (χ1v) is 21.5. The highest BCUT2D eigenvalue weighted by Gasteiger charge is 2.40. The lowest BCUT2D eigenvalue weighted by molar-refractivity contribution is 0.0676. The number of likely N-dealkylation sites (tertiary alicyclic amines) is 2. The molecule has 0 aromatic heterocycles. The molecule has 0 saturated carbocycles. The third-order valence-electron chi connectivity index (χ3n) is 10.4. The Hall–Kier alpha value is -4.99. The zero-order valence-corrected chi connectivity index (χ0v) is 34.8. The van der Waals surface area contributed by atoms with Gasteiger partial charge in [-0.15, -0.1) is 0 Å². The fourth-order valence-electron chi connectivity index (χ4n) is 6.22. The van der Waals surface area contributed by atoms with E-state index in [0.717, 1.165) is 11.1 Å². The molecule has 0 bridgehead atoms. The number of aliphatic hydroxyl groups is 1. The number of aliphatic hydroxyl groups excluding tert-OH is 1. The van der Waals surface area contributed by atoms with Crippen LogP contribution < -0.4 is 30.0 Å². The van der Waals surface area contributed by atoms with E-state index in [9.17, 15) is 19.5 Å². The molecule has 0 aliphatic carbocycles. The number of anilines is 2. The van der Waals surface area contributed by atoms with Gasteiger partial charge in [-0.25, -0.2) is 4.79 Å². The van der Waals surface area contributed by atoms with E-state index < -0.39 is 26.4 Å². The van der Waals surface area contributed by atoms with E-state index in [1.165, 1.54) is 37.3 Å². The van der Waals surface area contributed by atoms with Crippen LogP contribution in [0, 0.1) is 0 Å². The quantitative estimate of drug-likeness (QED) is 0.0699. The van der Waals surface area contributed by atoms with Crippen LogP contribution in [0.3, 0.4) is 0 Å². The molecular formula is C41H58N4O10Si. The van der Waals surface area contributed by atoms with Crippen LogP contribution in [0.25, 0.3) is 0 Å². The summed E-state index contributed by atoms with van der Waals surface area (Å²) in [6, 6.07) is 5.55. The van der Waals surface area contributed by atoms with Gasteiger partial charge in [-0.3, -0.25) is 14.9 Å². The van der Waals surface area contributed by atoms with E-state index in [-0.39, 0.29) is 78.4 Å². The molecule has 2 fully saturated rings. The van der Waals surface area contributed by atoms with Crippen LogP contribution >= 0.6 is 0 Å². The second-order valence-corrected chi connectivity index (χ2v) is 20.3. The first-order valence-electron chi connectivity index (χ1n) is 18.6. The molecule has 14 nitrogen and oxygen atoms in total.